The van der Waals surface area contributed by atoms with Crippen molar-refractivity contribution in [2.24, 2.45) is 5.73 Å². The van der Waals surface area contributed by atoms with E-state index in [1.165, 1.54) is 11.3 Å². The van der Waals surface area contributed by atoms with Gasteiger partial charge in [-0.05, 0) is 41.6 Å². The van der Waals surface area contributed by atoms with Crippen molar-refractivity contribution >= 4 is 50.4 Å². The van der Waals surface area contributed by atoms with Crippen molar-refractivity contribution in [2.75, 3.05) is 6.54 Å². The SMILES string of the molecule is N=C(N)c1cccc(CN2CC[C@H](NS(=O)(=O)c3ccc(-c4cccs4)s3)C2=O)c1.O=C(O)C(F)(F)F. The zero-order chi connectivity index (χ0) is 27.4. The Morgan fingerprint density at radius 2 is 1.89 bits per heavy atom. The number of nitrogens with one attached hydrogen (secondary N) is 2. The molecular weight excluding hydrogens is 553 g/mol. The van der Waals surface area contributed by atoms with Gasteiger partial charge in [0.05, 0.1) is 0 Å². The summed E-state index contributed by atoms with van der Waals surface area (Å²) in [5, 5.41) is 16.6. The number of amidine groups is 1. The first-order chi connectivity index (χ1) is 17.3. The summed E-state index contributed by atoms with van der Waals surface area (Å²) in [5.74, 6) is -3.04. The minimum absolute atomic E-state index is 0.0342. The maximum absolute atomic E-state index is 12.8. The molecule has 5 N–H and O–H groups in total. The lowest BCUT2D eigenvalue weighted by molar-refractivity contribution is -0.192. The summed E-state index contributed by atoms with van der Waals surface area (Å²) in [5.41, 5.74) is 6.96. The average Bonchev–Trinajstić information content (AvgIpc) is 3.57. The smallest absolute Gasteiger partial charge is 0.475 e. The van der Waals surface area contributed by atoms with Crippen LogP contribution in [0.2, 0.25) is 0 Å². The average molecular weight is 575 g/mol. The number of carbonyl (C=O) groups is 2. The predicted molar refractivity (Wildman–Crippen MR) is 133 cm³/mol. The zero-order valence-electron chi connectivity index (χ0n) is 18.9. The number of nitrogens with two attached hydrogens (primary N) is 1. The second-order valence-electron chi connectivity index (χ2n) is 7.74. The highest BCUT2D eigenvalue weighted by Gasteiger charge is 2.38. The molecule has 4 rings (SSSR count). The number of likely N-dealkylation sites (tertiary alicyclic amines) is 1. The van der Waals surface area contributed by atoms with Gasteiger partial charge in [0.15, 0.2) is 0 Å². The van der Waals surface area contributed by atoms with Gasteiger partial charge >= 0.3 is 12.1 Å². The second kappa shape index (κ2) is 11.4. The van der Waals surface area contributed by atoms with E-state index in [9.17, 15) is 26.4 Å². The van der Waals surface area contributed by atoms with Crippen molar-refractivity contribution in [1.82, 2.24) is 9.62 Å². The summed E-state index contributed by atoms with van der Waals surface area (Å²) in [4.78, 5) is 25.2. The van der Waals surface area contributed by atoms with Crippen LogP contribution in [0.15, 0.2) is 58.1 Å². The minimum Gasteiger partial charge on any atom is -0.475 e. The fourth-order valence-electron chi connectivity index (χ4n) is 3.32. The minimum atomic E-state index is -5.08. The number of carbonyl (C=O) groups excluding carboxylic acids is 1. The van der Waals surface area contributed by atoms with Gasteiger partial charge in [-0.3, -0.25) is 10.2 Å². The van der Waals surface area contributed by atoms with Crippen LogP contribution in [0, 0.1) is 5.41 Å². The van der Waals surface area contributed by atoms with Gasteiger partial charge in [0.25, 0.3) is 10.0 Å². The van der Waals surface area contributed by atoms with Crippen LogP contribution < -0.4 is 10.5 Å². The van der Waals surface area contributed by atoms with E-state index in [0.717, 1.165) is 15.3 Å². The first-order valence-electron chi connectivity index (χ1n) is 10.5. The number of rotatable bonds is 7. The van der Waals surface area contributed by atoms with E-state index < -0.39 is 28.2 Å². The molecule has 0 unspecified atom stereocenters. The van der Waals surface area contributed by atoms with Crippen molar-refractivity contribution in [2.45, 2.75) is 29.4 Å². The lowest BCUT2D eigenvalue weighted by Crippen LogP contribution is -2.41. The third-order valence-electron chi connectivity index (χ3n) is 5.06. The Morgan fingerprint density at radius 3 is 2.49 bits per heavy atom. The number of alkyl halides is 3. The number of sulfonamides is 1. The molecular formula is C22H21F3N4O5S3. The van der Waals surface area contributed by atoms with Crippen molar-refractivity contribution in [3.05, 3.63) is 65.0 Å². The van der Waals surface area contributed by atoms with Gasteiger partial charge in [0.1, 0.15) is 16.1 Å². The number of nitrogen functional groups attached to an aromatic ring is 1. The van der Waals surface area contributed by atoms with E-state index in [4.69, 9.17) is 21.0 Å². The van der Waals surface area contributed by atoms with E-state index in [1.807, 2.05) is 23.6 Å². The van der Waals surface area contributed by atoms with Crippen molar-refractivity contribution in [1.29, 1.82) is 5.41 Å². The Bertz CT molecular complexity index is 1390. The van der Waals surface area contributed by atoms with E-state index in [-0.39, 0.29) is 16.0 Å². The Kier molecular flexibility index (Phi) is 8.73. The van der Waals surface area contributed by atoms with Gasteiger partial charge in [-0.1, -0.05) is 24.3 Å². The van der Waals surface area contributed by atoms with E-state index in [2.05, 4.69) is 4.72 Å². The summed E-state index contributed by atoms with van der Waals surface area (Å²) in [6.45, 7) is 0.806. The lowest BCUT2D eigenvalue weighted by Gasteiger charge is -2.17. The summed E-state index contributed by atoms with van der Waals surface area (Å²) in [6, 6.07) is 13.6. The number of aliphatic carboxylic acids is 1. The molecule has 1 aliphatic rings. The fraction of sp³-hybridized carbons (Fsp3) is 0.227. The Balaban J connectivity index is 0.000000479. The third kappa shape index (κ3) is 7.38. The van der Waals surface area contributed by atoms with E-state index >= 15 is 0 Å². The van der Waals surface area contributed by atoms with Crippen LogP contribution in [0.4, 0.5) is 13.2 Å². The standard InChI is InChI=1S/C20H20N4O3S3.C2HF3O2/c21-19(22)14-4-1-3-13(11-14)12-24-9-8-15(20(24)25)23-30(26,27)18-7-6-17(29-18)16-5-2-10-28-16;3-2(4,5)1(6)7/h1-7,10-11,15,23H,8-9,12H2,(H3,21,22);(H,6,7)/t15-;/m0./s1. The Morgan fingerprint density at radius 1 is 1.19 bits per heavy atom. The Labute approximate surface area is 217 Å². The number of hydrogen-bond acceptors (Lipinski definition) is 7. The molecule has 0 radical (unpaired) electrons. The molecule has 1 saturated heterocycles. The van der Waals surface area contributed by atoms with Crippen LogP contribution >= 0.6 is 22.7 Å². The summed E-state index contributed by atoms with van der Waals surface area (Å²) >= 11 is 2.74. The summed E-state index contributed by atoms with van der Waals surface area (Å²) in [7, 11) is -3.78. The largest absolute Gasteiger partial charge is 0.490 e. The molecule has 0 spiro atoms. The first-order valence-corrected chi connectivity index (χ1v) is 13.6. The molecule has 15 heteroatoms. The number of thiophene rings is 2. The number of carboxylic acid groups (broad SMARTS) is 1. The molecule has 0 aliphatic carbocycles. The molecule has 1 aromatic carbocycles. The van der Waals surface area contributed by atoms with Crippen LogP contribution in [0.5, 0.6) is 0 Å². The van der Waals surface area contributed by atoms with Crippen molar-refractivity contribution in [3.63, 3.8) is 0 Å². The normalized spacial score (nSPS) is 15.8. The molecule has 37 heavy (non-hydrogen) atoms. The first kappa shape index (κ1) is 28.3. The monoisotopic (exact) mass is 574 g/mol. The molecule has 1 atom stereocenters. The fourth-order valence-corrected chi connectivity index (χ4v) is 6.71. The van der Waals surface area contributed by atoms with Crippen molar-refractivity contribution < 1.29 is 36.3 Å². The highest BCUT2D eigenvalue weighted by atomic mass is 32.2. The molecule has 198 valence electrons. The lowest BCUT2D eigenvalue weighted by atomic mass is 10.1. The van der Waals surface area contributed by atoms with Gasteiger partial charge < -0.3 is 15.7 Å². The molecule has 2 aromatic heterocycles. The number of carboxylic acids is 1. The van der Waals surface area contributed by atoms with Crippen LogP contribution in [0.3, 0.4) is 0 Å². The molecule has 3 aromatic rings. The van der Waals surface area contributed by atoms with Gasteiger partial charge in [-0.15, -0.1) is 22.7 Å². The van der Waals surface area contributed by atoms with Crippen LogP contribution in [0.25, 0.3) is 9.75 Å². The number of nitrogens with zero attached hydrogens (tertiary/aromatic N) is 1. The zero-order valence-corrected chi connectivity index (χ0v) is 21.3. The third-order valence-corrected chi connectivity index (χ3v) is 9.17. The molecule has 0 bridgehead atoms. The quantitative estimate of drug-likeness (QED) is 0.250. The molecule has 0 saturated carbocycles. The van der Waals surface area contributed by atoms with Crippen LogP contribution in [0.1, 0.15) is 17.5 Å². The number of amides is 1. The highest BCUT2D eigenvalue weighted by Crippen LogP contribution is 2.33. The predicted octanol–water partition coefficient (Wildman–Crippen LogP) is 3.47. The number of halogens is 3. The van der Waals surface area contributed by atoms with Gasteiger partial charge in [-0.25, -0.2) is 13.2 Å². The van der Waals surface area contributed by atoms with Gasteiger partial charge in [0, 0.05) is 28.4 Å². The Hall–Kier alpha value is -3.27. The van der Waals surface area contributed by atoms with Crippen LogP contribution in [-0.4, -0.2) is 54.9 Å². The number of benzene rings is 1. The molecule has 1 amide bonds. The number of hydrogen-bond donors (Lipinski definition) is 4. The summed E-state index contributed by atoms with van der Waals surface area (Å²) in [6.07, 6.45) is -4.67. The summed E-state index contributed by atoms with van der Waals surface area (Å²) < 4.78 is 60.1. The maximum Gasteiger partial charge on any atom is 0.490 e. The van der Waals surface area contributed by atoms with Gasteiger partial charge in [0.2, 0.25) is 5.91 Å². The topological polar surface area (TPSA) is 154 Å². The van der Waals surface area contributed by atoms with E-state index in [1.54, 1.807) is 46.6 Å². The van der Waals surface area contributed by atoms with Crippen molar-refractivity contribution in [3.8, 4) is 9.75 Å². The molecule has 3 heterocycles. The second-order valence-corrected chi connectivity index (χ2v) is 11.7. The van der Waals surface area contributed by atoms with E-state index in [0.29, 0.717) is 25.1 Å². The van der Waals surface area contributed by atoms with Crippen LogP contribution in [-0.2, 0) is 26.2 Å². The van der Waals surface area contributed by atoms with Gasteiger partial charge in [-0.2, -0.15) is 17.9 Å². The maximum atomic E-state index is 12.8. The molecule has 1 fully saturated rings. The molecule has 9 nitrogen and oxygen atoms in total. The highest BCUT2D eigenvalue weighted by molar-refractivity contribution is 7.91. The molecule has 1 aliphatic heterocycles.